The monoisotopic (exact) mass is 454 g/mol. The zero-order valence-corrected chi connectivity index (χ0v) is 18.3. The van der Waals surface area contributed by atoms with E-state index in [4.69, 9.17) is 4.74 Å². The SMILES string of the molecule is COC(=O)NCc1cc(F)ccc1COc1cc(C)[nH]c(=O)c1-c1cc(C(=O)O)ccc1C. The number of amides is 1. The number of halogens is 1. The standard InChI is InChI=1S/C24H23FN2O6/c1-13-4-5-15(23(29)30)10-19(13)21-20(8-14(2)27-22(21)28)33-12-16-6-7-18(25)9-17(16)11-26-24(31)32-3/h4-10H,11-12H2,1-3H3,(H,26,31)(H,27,28)(H,29,30). The molecular weight excluding hydrogens is 431 g/mol. The number of carboxylic acid groups (broad SMARTS) is 1. The summed E-state index contributed by atoms with van der Waals surface area (Å²) in [6.45, 7) is 3.46. The molecule has 2 aromatic carbocycles. The molecule has 3 rings (SSSR count). The van der Waals surface area contributed by atoms with Gasteiger partial charge in [-0.1, -0.05) is 12.1 Å². The smallest absolute Gasteiger partial charge is 0.407 e. The number of aromatic amines is 1. The van der Waals surface area contributed by atoms with Gasteiger partial charge in [0.25, 0.3) is 5.56 Å². The Hall–Kier alpha value is -4.14. The molecule has 3 aromatic rings. The normalized spacial score (nSPS) is 10.5. The fourth-order valence-corrected chi connectivity index (χ4v) is 3.35. The van der Waals surface area contributed by atoms with Gasteiger partial charge in [0.05, 0.1) is 18.2 Å². The number of hydrogen-bond donors (Lipinski definition) is 3. The summed E-state index contributed by atoms with van der Waals surface area (Å²) in [6.07, 6.45) is -0.660. The number of carbonyl (C=O) groups excluding carboxylic acids is 1. The lowest BCUT2D eigenvalue weighted by Crippen LogP contribution is -2.23. The molecule has 1 aromatic heterocycles. The number of pyridine rings is 1. The Morgan fingerprint density at radius 2 is 1.85 bits per heavy atom. The van der Waals surface area contributed by atoms with Gasteiger partial charge in [-0.25, -0.2) is 14.0 Å². The molecule has 33 heavy (non-hydrogen) atoms. The summed E-state index contributed by atoms with van der Waals surface area (Å²) in [7, 11) is 1.23. The summed E-state index contributed by atoms with van der Waals surface area (Å²) in [4.78, 5) is 38.4. The number of carbonyl (C=O) groups is 2. The molecule has 0 unspecified atom stereocenters. The van der Waals surface area contributed by atoms with Gasteiger partial charge in [-0.2, -0.15) is 0 Å². The van der Waals surface area contributed by atoms with Gasteiger partial charge in [0.1, 0.15) is 18.2 Å². The maximum absolute atomic E-state index is 13.8. The number of carboxylic acids is 1. The fraction of sp³-hybridized carbons (Fsp3) is 0.208. The number of alkyl carbamates (subject to hydrolysis) is 1. The third-order valence-electron chi connectivity index (χ3n) is 5.05. The van der Waals surface area contributed by atoms with E-state index in [1.165, 1.54) is 37.4 Å². The molecule has 0 fully saturated rings. The average molecular weight is 454 g/mol. The molecule has 1 heterocycles. The average Bonchev–Trinajstić information content (AvgIpc) is 2.77. The van der Waals surface area contributed by atoms with Crippen LogP contribution in [0.4, 0.5) is 9.18 Å². The maximum Gasteiger partial charge on any atom is 0.407 e. The lowest BCUT2D eigenvalue weighted by molar-refractivity contribution is 0.0697. The zero-order valence-electron chi connectivity index (χ0n) is 18.3. The number of benzene rings is 2. The molecule has 0 radical (unpaired) electrons. The maximum atomic E-state index is 13.8. The lowest BCUT2D eigenvalue weighted by atomic mass is 9.98. The molecule has 3 N–H and O–H groups in total. The molecule has 0 spiro atoms. The van der Waals surface area contributed by atoms with E-state index in [9.17, 15) is 23.9 Å². The van der Waals surface area contributed by atoms with Crippen LogP contribution >= 0.6 is 0 Å². The summed E-state index contributed by atoms with van der Waals surface area (Å²) < 4.78 is 24.3. The minimum Gasteiger partial charge on any atom is -0.488 e. The van der Waals surface area contributed by atoms with E-state index >= 15 is 0 Å². The van der Waals surface area contributed by atoms with Crippen LogP contribution in [0.1, 0.15) is 32.7 Å². The number of hydrogen-bond acceptors (Lipinski definition) is 5. The van der Waals surface area contributed by atoms with Gasteiger partial charge in [-0.05, 0) is 60.4 Å². The molecule has 9 heteroatoms. The number of rotatable bonds is 7. The van der Waals surface area contributed by atoms with Crippen molar-refractivity contribution in [2.75, 3.05) is 7.11 Å². The van der Waals surface area contributed by atoms with E-state index < -0.39 is 23.4 Å². The van der Waals surface area contributed by atoms with E-state index in [0.717, 1.165) is 0 Å². The van der Waals surface area contributed by atoms with Crippen molar-refractivity contribution in [1.29, 1.82) is 0 Å². The van der Waals surface area contributed by atoms with Crippen molar-refractivity contribution in [2.24, 2.45) is 0 Å². The zero-order chi connectivity index (χ0) is 24.1. The quantitative estimate of drug-likeness (QED) is 0.498. The van der Waals surface area contributed by atoms with Crippen molar-refractivity contribution in [2.45, 2.75) is 27.0 Å². The molecule has 8 nitrogen and oxygen atoms in total. The van der Waals surface area contributed by atoms with Gasteiger partial charge in [0.15, 0.2) is 0 Å². The van der Waals surface area contributed by atoms with E-state index in [-0.39, 0.29) is 30.0 Å². The number of methoxy groups -OCH3 is 1. The van der Waals surface area contributed by atoms with E-state index in [0.29, 0.717) is 27.9 Å². The van der Waals surface area contributed by atoms with Crippen LogP contribution in [0.3, 0.4) is 0 Å². The Kier molecular flexibility index (Phi) is 7.12. The Morgan fingerprint density at radius 3 is 2.55 bits per heavy atom. The highest BCUT2D eigenvalue weighted by atomic mass is 19.1. The second kappa shape index (κ2) is 9.99. The van der Waals surface area contributed by atoms with Gasteiger partial charge < -0.3 is 24.9 Å². The number of aromatic carboxylic acids is 1. The van der Waals surface area contributed by atoms with E-state index in [1.54, 1.807) is 26.0 Å². The predicted octanol–water partition coefficient (Wildman–Crippen LogP) is 3.93. The van der Waals surface area contributed by atoms with Crippen LogP contribution < -0.4 is 15.6 Å². The first-order chi connectivity index (χ1) is 15.7. The highest BCUT2D eigenvalue weighted by molar-refractivity contribution is 5.90. The minimum absolute atomic E-state index is 0.0180. The molecule has 0 bridgehead atoms. The largest absolute Gasteiger partial charge is 0.488 e. The van der Waals surface area contributed by atoms with Crippen molar-refractivity contribution < 1.29 is 28.6 Å². The van der Waals surface area contributed by atoms with E-state index in [1.807, 2.05) is 0 Å². The Bertz CT molecular complexity index is 1270. The van der Waals surface area contributed by atoms with Gasteiger partial charge >= 0.3 is 12.1 Å². The van der Waals surface area contributed by atoms with Crippen LogP contribution in [0.2, 0.25) is 0 Å². The second-order valence-corrected chi connectivity index (χ2v) is 7.40. The van der Waals surface area contributed by atoms with Crippen LogP contribution in [0.5, 0.6) is 5.75 Å². The number of aromatic nitrogens is 1. The number of ether oxygens (including phenoxy) is 2. The van der Waals surface area contributed by atoms with Crippen molar-refractivity contribution in [3.63, 3.8) is 0 Å². The third-order valence-corrected chi connectivity index (χ3v) is 5.05. The van der Waals surface area contributed by atoms with Crippen LogP contribution in [-0.4, -0.2) is 29.3 Å². The molecule has 0 aliphatic carbocycles. The van der Waals surface area contributed by atoms with Gasteiger partial charge in [-0.15, -0.1) is 0 Å². The summed E-state index contributed by atoms with van der Waals surface area (Å²) in [5.74, 6) is -1.34. The van der Waals surface area contributed by atoms with Crippen LogP contribution in [0.15, 0.2) is 47.3 Å². The number of aryl methyl sites for hydroxylation is 2. The summed E-state index contributed by atoms with van der Waals surface area (Å²) in [5.41, 5.74) is 2.55. The molecule has 0 aliphatic heterocycles. The second-order valence-electron chi connectivity index (χ2n) is 7.40. The summed E-state index contributed by atoms with van der Waals surface area (Å²) in [6, 6.07) is 10.2. The first-order valence-corrected chi connectivity index (χ1v) is 9.99. The van der Waals surface area contributed by atoms with Crippen molar-refractivity contribution in [3.8, 4) is 16.9 Å². The molecule has 0 saturated carbocycles. The molecule has 0 atom stereocenters. The lowest BCUT2D eigenvalue weighted by Gasteiger charge is -2.16. The molecule has 0 saturated heterocycles. The highest BCUT2D eigenvalue weighted by Crippen LogP contribution is 2.31. The summed E-state index contributed by atoms with van der Waals surface area (Å²) >= 11 is 0. The van der Waals surface area contributed by atoms with Crippen molar-refractivity contribution >= 4 is 12.1 Å². The van der Waals surface area contributed by atoms with Crippen molar-refractivity contribution in [1.82, 2.24) is 10.3 Å². The Balaban J connectivity index is 1.99. The third kappa shape index (κ3) is 5.57. The fourth-order valence-electron chi connectivity index (χ4n) is 3.35. The first-order valence-electron chi connectivity index (χ1n) is 9.99. The minimum atomic E-state index is -1.11. The highest BCUT2D eigenvalue weighted by Gasteiger charge is 2.17. The molecule has 172 valence electrons. The Labute approximate surface area is 189 Å². The topological polar surface area (TPSA) is 118 Å². The molecular formula is C24H23FN2O6. The van der Waals surface area contributed by atoms with Crippen LogP contribution in [-0.2, 0) is 17.9 Å². The van der Waals surface area contributed by atoms with Gasteiger partial charge in [-0.3, -0.25) is 4.79 Å². The van der Waals surface area contributed by atoms with Crippen molar-refractivity contribution in [3.05, 3.63) is 86.6 Å². The van der Waals surface area contributed by atoms with E-state index in [2.05, 4.69) is 15.0 Å². The van der Waals surface area contributed by atoms with Gasteiger partial charge in [0.2, 0.25) is 0 Å². The van der Waals surface area contributed by atoms with Crippen LogP contribution in [0, 0.1) is 19.7 Å². The number of nitrogens with one attached hydrogen (secondary N) is 2. The number of H-pyrrole nitrogens is 1. The molecule has 1 amide bonds. The van der Waals surface area contributed by atoms with Crippen LogP contribution in [0.25, 0.3) is 11.1 Å². The first kappa shape index (κ1) is 23.5. The van der Waals surface area contributed by atoms with Gasteiger partial charge in [0, 0.05) is 18.3 Å². The molecule has 0 aliphatic rings. The summed E-state index contributed by atoms with van der Waals surface area (Å²) in [5, 5.41) is 11.9. The predicted molar refractivity (Wildman–Crippen MR) is 119 cm³/mol. The Morgan fingerprint density at radius 1 is 1.09 bits per heavy atom.